The van der Waals surface area contributed by atoms with E-state index in [1.807, 2.05) is 4.90 Å². The van der Waals surface area contributed by atoms with Crippen molar-refractivity contribution in [1.82, 2.24) is 14.4 Å². The maximum atomic E-state index is 12.9. The second kappa shape index (κ2) is 8.48. The first-order valence-corrected chi connectivity index (χ1v) is 9.39. The summed E-state index contributed by atoms with van der Waals surface area (Å²) >= 11 is 0. The number of piperazine rings is 1. The molecular formula is C21H29N3O3. The van der Waals surface area contributed by atoms with Gasteiger partial charge < -0.3 is 18.9 Å². The molecule has 0 radical (unpaired) electrons. The van der Waals surface area contributed by atoms with Crippen LogP contribution in [-0.2, 0) is 6.54 Å². The smallest absolute Gasteiger partial charge is 0.254 e. The largest absolute Gasteiger partial charge is 0.497 e. The van der Waals surface area contributed by atoms with Gasteiger partial charge in [0.25, 0.3) is 5.91 Å². The molecule has 2 aromatic rings. The summed E-state index contributed by atoms with van der Waals surface area (Å²) in [4.78, 5) is 17.2. The fourth-order valence-electron chi connectivity index (χ4n) is 3.58. The number of hydrogen-bond donors (Lipinski definition) is 0. The highest BCUT2D eigenvalue weighted by atomic mass is 16.5. The Kier molecular flexibility index (Phi) is 6.06. The van der Waals surface area contributed by atoms with Crippen LogP contribution in [0, 0.1) is 13.8 Å². The van der Waals surface area contributed by atoms with Crippen LogP contribution in [0.2, 0.25) is 0 Å². The van der Waals surface area contributed by atoms with E-state index in [9.17, 15) is 4.79 Å². The minimum Gasteiger partial charge on any atom is -0.497 e. The van der Waals surface area contributed by atoms with E-state index in [1.54, 1.807) is 32.4 Å². The highest BCUT2D eigenvalue weighted by molar-refractivity contribution is 5.95. The predicted octanol–water partition coefficient (Wildman–Crippen LogP) is 2.58. The molecule has 1 amide bonds. The van der Waals surface area contributed by atoms with Crippen molar-refractivity contribution in [3.63, 3.8) is 0 Å². The van der Waals surface area contributed by atoms with Gasteiger partial charge in [0.15, 0.2) is 0 Å². The van der Waals surface area contributed by atoms with E-state index in [2.05, 4.69) is 35.4 Å². The number of methoxy groups -OCH3 is 2. The predicted molar refractivity (Wildman–Crippen MR) is 106 cm³/mol. The first-order valence-electron chi connectivity index (χ1n) is 9.39. The summed E-state index contributed by atoms with van der Waals surface area (Å²) < 4.78 is 12.9. The number of hydrogen-bond acceptors (Lipinski definition) is 4. The molecule has 1 aliphatic heterocycles. The Balaban J connectivity index is 1.56. The van der Waals surface area contributed by atoms with Gasteiger partial charge in [0, 0.05) is 62.3 Å². The van der Waals surface area contributed by atoms with Crippen molar-refractivity contribution in [3.05, 3.63) is 47.3 Å². The molecule has 1 aromatic carbocycles. The molecule has 0 N–H and O–H groups in total. The maximum absolute atomic E-state index is 12.9. The topological polar surface area (TPSA) is 46.9 Å². The zero-order chi connectivity index (χ0) is 19.4. The van der Waals surface area contributed by atoms with Crippen LogP contribution in [0.25, 0.3) is 0 Å². The van der Waals surface area contributed by atoms with Crippen LogP contribution in [0.3, 0.4) is 0 Å². The van der Waals surface area contributed by atoms with Gasteiger partial charge in [-0.3, -0.25) is 9.69 Å². The number of aryl methyl sites for hydroxylation is 2. The van der Waals surface area contributed by atoms with Crippen LogP contribution in [0.15, 0.2) is 30.3 Å². The van der Waals surface area contributed by atoms with Crippen LogP contribution in [0.5, 0.6) is 11.5 Å². The standard InChI is InChI=1S/C21H29N3O3/c1-16-5-6-17(2)24(16)12-9-22-7-10-23(11-8-22)21(25)18-13-19(26-3)15-20(14-18)27-4/h5-6,13-15H,7-12H2,1-4H3. The van der Waals surface area contributed by atoms with Gasteiger partial charge in [-0.15, -0.1) is 0 Å². The van der Waals surface area contributed by atoms with Gasteiger partial charge in [-0.05, 0) is 38.1 Å². The van der Waals surface area contributed by atoms with Crippen molar-refractivity contribution in [3.8, 4) is 11.5 Å². The average molecular weight is 371 g/mol. The summed E-state index contributed by atoms with van der Waals surface area (Å²) in [6.07, 6.45) is 0. The Labute approximate surface area is 161 Å². The van der Waals surface area contributed by atoms with E-state index >= 15 is 0 Å². The lowest BCUT2D eigenvalue weighted by Crippen LogP contribution is -2.49. The molecule has 0 aliphatic carbocycles. The summed E-state index contributed by atoms with van der Waals surface area (Å²) in [5.74, 6) is 1.30. The first kappa shape index (κ1) is 19.3. The SMILES string of the molecule is COc1cc(OC)cc(C(=O)N2CCN(CCn3c(C)ccc3C)CC2)c1. The Morgan fingerprint density at radius 2 is 1.44 bits per heavy atom. The van der Waals surface area contributed by atoms with Gasteiger partial charge in [0.05, 0.1) is 14.2 Å². The monoisotopic (exact) mass is 371 g/mol. The van der Waals surface area contributed by atoms with Crippen LogP contribution >= 0.6 is 0 Å². The fourth-order valence-corrected chi connectivity index (χ4v) is 3.58. The van der Waals surface area contributed by atoms with E-state index in [-0.39, 0.29) is 5.91 Å². The summed E-state index contributed by atoms with van der Waals surface area (Å²) in [6.45, 7) is 9.55. The number of ether oxygens (including phenoxy) is 2. The number of rotatable bonds is 6. The van der Waals surface area contributed by atoms with Crippen LogP contribution in [-0.4, -0.2) is 67.2 Å². The number of carbonyl (C=O) groups is 1. The number of aromatic nitrogens is 1. The van der Waals surface area contributed by atoms with Crippen molar-refractivity contribution < 1.29 is 14.3 Å². The highest BCUT2D eigenvalue weighted by Crippen LogP contribution is 2.23. The third-order valence-electron chi connectivity index (χ3n) is 5.31. The molecule has 1 aromatic heterocycles. The van der Waals surface area contributed by atoms with E-state index in [1.165, 1.54) is 11.4 Å². The number of benzene rings is 1. The van der Waals surface area contributed by atoms with Crippen molar-refractivity contribution in [2.24, 2.45) is 0 Å². The van der Waals surface area contributed by atoms with Gasteiger partial charge >= 0.3 is 0 Å². The van der Waals surface area contributed by atoms with Crippen molar-refractivity contribution in [2.45, 2.75) is 20.4 Å². The molecule has 1 aliphatic rings. The maximum Gasteiger partial charge on any atom is 0.254 e. The average Bonchev–Trinajstić information content (AvgIpc) is 3.03. The first-order chi connectivity index (χ1) is 13.0. The van der Waals surface area contributed by atoms with Gasteiger partial charge in [-0.2, -0.15) is 0 Å². The molecule has 27 heavy (non-hydrogen) atoms. The molecule has 0 spiro atoms. The van der Waals surface area contributed by atoms with Gasteiger partial charge in [-0.1, -0.05) is 0 Å². The summed E-state index contributed by atoms with van der Waals surface area (Å²) in [5.41, 5.74) is 3.21. The van der Waals surface area contributed by atoms with Crippen molar-refractivity contribution in [1.29, 1.82) is 0 Å². The molecule has 6 heteroatoms. The second-order valence-corrected chi connectivity index (χ2v) is 7.00. The summed E-state index contributed by atoms with van der Waals surface area (Å²) in [6, 6.07) is 9.65. The zero-order valence-corrected chi connectivity index (χ0v) is 16.7. The molecular weight excluding hydrogens is 342 g/mol. The number of carbonyl (C=O) groups excluding carboxylic acids is 1. The Morgan fingerprint density at radius 1 is 0.889 bits per heavy atom. The Hall–Kier alpha value is -2.47. The zero-order valence-electron chi connectivity index (χ0n) is 16.7. The second-order valence-electron chi connectivity index (χ2n) is 7.00. The third kappa shape index (κ3) is 4.45. The minimum absolute atomic E-state index is 0.0314. The normalized spacial score (nSPS) is 15.0. The molecule has 0 atom stereocenters. The molecule has 0 saturated carbocycles. The third-order valence-corrected chi connectivity index (χ3v) is 5.31. The van der Waals surface area contributed by atoms with E-state index in [0.29, 0.717) is 17.1 Å². The molecule has 0 bridgehead atoms. The Morgan fingerprint density at radius 3 is 1.96 bits per heavy atom. The van der Waals surface area contributed by atoms with Gasteiger partial charge in [-0.25, -0.2) is 0 Å². The lowest BCUT2D eigenvalue weighted by atomic mass is 10.1. The quantitative estimate of drug-likeness (QED) is 0.783. The molecule has 0 unspecified atom stereocenters. The number of amides is 1. The highest BCUT2D eigenvalue weighted by Gasteiger charge is 2.23. The molecule has 146 valence electrons. The molecule has 6 nitrogen and oxygen atoms in total. The van der Waals surface area contributed by atoms with E-state index < -0.39 is 0 Å². The Bertz CT molecular complexity index is 750. The van der Waals surface area contributed by atoms with Crippen LogP contribution in [0.1, 0.15) is 21.7 Å². The van der Waals surface area contributed by atoms with Crippen LogP contribution < -0.4 is 9.47 Å². The lowest BCUT2D eigenvalue weighted by Gasteiger charge is -2.35. The van der Waals surface area contributed by atoms with E-state index in [4.69, 9.17) is 9.47 Å². The molecule has 1 saturated heterocycles. The van der Waals surface area contributed by atoms with Crippen molar-refractivity contribution >= 4 is 5.91 Å². The van der Waals surface area contributed by atoms with Gasteiger partial charge in [0.1, 0.15) is 11.5 Å². The summed E-state index contributed by atoms with van der Waals surface area (Å²) in [7, 11) is 3.19. The number of nitrogens with zero attached hydrogens (tertiary/aromatic N) is 3. The minimum atomic E-state index is 0.0314. The molecule has 1 fully saturated rings. The fraction of sp³-hybridized carbons (Fsp3) is 0.476. The van der Waals surface area contributed by atoms with E-state index in [0.717, 1.165) is 39.3 Å². The molecule has 2 heterocycles. The summed E-state index contributed by atoms with van der Waals surface area (Å²) in [5, 5.41) is 0. The van der Waals surface area contributed by atoms with Gasteiger partial charge in [0.2, 0.25) is 0 Å². The van der Waals surface area contributed by atoms with Crippen molar-refractivity contribution in [2.75, 3.05) is 46.9 Å². The van der Waals surface area contributed by atoms with Crippen LogP contribution in [0.4, 0.5) is 0 Å². The lowest BCUT2D eigenvalue weighted by molar-refractivity contribution is 0.0632. The molecule has 3 rings (SSSR count).